The smallest absolute Gasteiger partial charge is 0.338 e. The van der Waals surface area contributed by atoms with Crippen LogP contribution in [-0.4, -0.2) is 43.8 Å². The van der Waals surface area contributed by atoms with E-state index in [2.05, 4.69) is 79.7 Å². The fraction of sp³-hybridized carbons (Fsp3) is 0.658. The lowest BCUT2D eigenvalue weighted by molar-refractivity contribution is -0.176. The van der Waals surface area contributed by atoms with E-state index in [4.69, 9.17) is 41.9 Å². The number of esters is 3. The fourth-order valence-electron chi connectivity index (χ4n) is 17.7. The number of hydrogen-bond acceptors (Lipinski definition) is 11. The molecular formula is C79H122N4O7. The molecule has 0 aliphatic heterocycles. The highest BCUT2D eigenvalue weighted by Gasteiger charge is 2.65. The molecule has 0 heterocycles. The normalized spacial score (nSPS) is 26.1. The summed E-state index contributed by atoms with van der Waals surface area (Å²) in [6.07, 6.45) is 33.2. The van der Waals surface area contributed by atoms with Gasteiger partial charge < -0.3 is 41.9 Å². The van der Waals surface area contributed by atoms with Crippen LogP contribution in [0.1, 0.15) is 283 Å². The van der Waals surface area contributed by atoms with Gasteiger partial charge in [0.05, 0.1) is 36.5 Å². The van der Waals surface area contributed by atoms with Crippen LogP contribution in [0, 0.1) is 71.5 Å². The van der Waals surface area contributed by atoms with Crippen molar-refractivity contribution < 1.29 is 33.3 Å². The van der Waals surface area contributed by atoms with Crippen molar-refractivity contribution in [2.24, 2.45) is 57.7 Å². The van der Waals surface area contributed by atoms with Gasteiger partial charge >= 0.3 is 17.9 Å². The lowest BCUT2D eigenvalue weighted by Gasteiger charge is -2.66. The summed E-state index contributed by atoms with van der Waals surface area (Å²) in [5.74, 6) is 6.57. The number of carbonyl (C=O) groups is 3. The minimum atomic E-state index is -0.361. The molecule has 5 fully saturated rings. The Morgan fingerprint density at radius 3 is 1.66 bits per heavy atom. The Kier molecular flexibility index (Phi) is 28.4. The van der Waals surface area contributed by atoms with E-state index in [-0.39, 0.29) is 31.4 Å². The third kappa shape index (κ3) is 20.1. The molecule has 9 rings (SSSR count). The maximum Gasteiger partial charge on any atom is 0.338 e. The van der Waals surface area contributed by atoms with E-state index in [0.717, 1.165) is 78.1 Å². The Labute approximate surface area is 545 Å². The Morgan fingerprint density at radius 2 is 1.06 bits per heavy atom. The minimum Gasteiger partial charge on any atom is -0.493 e. The minimum absolute atomic E-state index is 0. The molecule has 0 saturated heterocycles. The van der Waals surface area contributed by atoms with Crippen LogP contribution < -0.4 is 27.7 Å². The van der Waals surface area contributed by atoms with Gasteiger partial charge in [-0.1, -0.05) is 146 Å². The lowest BCUT2D eigenvalue weighted by atomic mass is 9.39. The van der Waals surface area contributed by atoms with Gasteiger partial charge in [-0.15, -0.1) is 0 Å². The van der Waals surface area contributed by atoms with Gasteiger partial charge in [0, 0.05) is 29.2 Å². The van der Waals surface area contributed by atoms with Gasteiger partial charge in [0.15, 0.2) is 0 Å². The zero-order valence-corrected chi connectivity index (χ0v) is 56.9. The first-order valence-electron chi connectivity index (χ1n) is 35.2. The van der Waals surface area contributed by atoms with Crippen molar-refractivity contribution in [3.63, 3.8) is 0 Å². The molecule has 5 aliphatic rings. The summed E-state index contributed by atoms with van der Waals surface area (Å²) in [6.45, 7) is 25.0. The Balaban J connectivity index is 0.000000231. The molecular weight excluding hydrogens is 1120 g/mol. The van der Waals surface area contributed by atoms with E-state index < -0.39 is 0 Å². The summed E-state index contributed by atoms with van der Waals surface area (Å²) in [7, 11) is 0. The monoisotopic (exact) mass is 1240 g/mol. The average Bonchev–Trinajstić information content (AvgIpc) is 1.29. The summed E-state index contributed by atoms with van der Waals surface area (Å²) >= 11 is 0. The second-order valence-corrected chi connectivity index (χ2v) is 29.5. The van der Waals surface area contributed by atoms with Crippen LogP contribution in [0.3, 0.4) is 0 Å². The Bertz CT molecular complexity index is 2800. The summed E-state index contributed by atoms with van der Waals surface area (Å²) in [6, 6.07) is 24.2. The Hall–Kier alpha value is -5.71. The number of unbranched alkanes of at least 4 members (excludes halogenated alkanes) is 6. The van der Waals surface area contributed by atoms with E-state index in [9.17, 15) is 14.4 Å². The molecule has 0 amide bonds. The highest BCUT2D eigenvalue weighted by Crippen LogP contribution is 2.73. The molecule has 11 heteroatoms. The van der Waals surface area contributed by atoms with Crippen molar-refractivity contribution >= 4 is 40.7 Å². The van der Waals surface area contributed by atoms with E-state index in [0.29, 0.717) is 93.8 Å². The van der Waals surface area contributed by atoms with Crippen LogP contribution in [0.15, 0.2) is 78.9 Å². The number of rotatable bonds is 25. The summed E-state index contributed by atoms with van der Waals surface area (Å²) in [5, 5.41) is 0. The molecule has 9 atom stereocenters. The maximum absolute atomic E-state index is 13.0. The highest BCUT2D eigenvalue weighted by molar-refractivity contribution is 5.92. The number of aryl methyl sites for hydroxylation is 2. The van der Waals surface area contributed by atoms with Crippen molar-refractivity contribution in [3.05, 3.63) is 112 Å². The molecule has 0 radical (unpaired) electrons. The molecule has 4 aromatic rings. The molecule has 4 aromatic carbocycles. The first-order chi connectivity index (χ1) is 42.5. The predicted molar refractivity (Wildman–Crippen MR) is 375 cm³/mol. The largest absolute Gasteiger partial charge is 0.493 e. The number of carbonyl (C=O) groups excluding carboxylic acids is 3. The van der Waals surface area contributed by atoms with Crippen molar-refractivity contribution in [1.82, 2.24) is 0 Å². The van der Waals surface area contributed by atoms with Gasteiger partial charge in [0.2, 0.25) is 0 Å². The molecule has 500 valence electrons. The van der Waals surface area contributed by atoms with Crippen LogP contribution in [0.5, 0.6) is 5.75 Å². The molecule has 11 nitrogen and oxygen atoms in total. The first kappa shape index (κ1) is 73.3. The van der Waals surface area contributed by atoms with Gasteiger partial charge in [0.25, 0.3) is 0 Å². The van der Waals surface area contributed by atoms with Crippen molar-refractivity contribution in [2.45, 2.75) is 256 Å². The average molecular weight is 1240 g/mol. The summed E-state index contributed by atoms with van der Waals surface area (Å²) < 4.78 is 22.4. The lowest BCUT2D eigenvalue weighted by Crippen LogP contribution is -2.59. The molecule has 5 saturated carbocycles. The van der Waals surface area contributed by atoms with Crippen LogP contribution in [0.4, 0.5) is 22.7 Å². The number of hydrogen-bond donors (Lipinski definition) is 4. The number of fused-ring (bicyclic) bond motifs is 5. The van der Waals surface area contributed by atoms with E-state index in [1.807, 2.05) is 32.0 Å². The molecule has 0 aromatic heterocycles. The Morgan fingerprint density at radius 1 is 0.522 bits per heavy atom. The quantitative estimate of drug-likeness (QED) is 0.0214. The van der Waals surface area contributed by atoms with Crippen molar-refractivity contribution in [2.75, 3.05) is 42.8 Å². The van der Waals surface area contributed by atoms with Gasteiger partial charge in [-0.3, -0.25) is 0 Å². The second kappa shape index (κ2) is 34.8. The van der Waals surface area contributed by atoms with Gasteiger partial charge in [-0.25, -0.2) is 14.4 Å². The molecule has 0 spiro atoms. The van der Waals surface area contributed by atoms with Crippen molar-refractivity contribution in [3.8, 4) is 5.75 Å². The number of ether oxygens (including phenoxy) is 4. The molecule has 0 bridgehead atoms. The van der Waals surface area contributed by atoms with E-state index in [1.165, 1.54) is 140 Å². The second-order valence-electron chi connectivity index (χ2n) is 29.5. The van der Waals surface area contributed by atoms with Crippen LogP contribution in [0.2, 0.25) is 0 Å². The zero-order valence-electron chi connectivity index (χ0n) is 56.9. The molecule has 6 unspecified atom stereocenters. The van der Waals surface area contributed by atoms with Crippen LogP contribution in [-0.2, 0) is 14.2 Å². The predicted octanol–water partition coefficient (Wildman–Crippen LogP) is 20.3. The van der Waals surface area contributed by atoms with E-state index in [1.54, 1.807) is 36.4 Å². The topological polar surface area (TPSA) is 192 Å². The summed E-state index contributed by atoms with van der Waals surface area (Å²) in [4.78, 5) is 36.8. The fourth-order valence-corrected chi connectivity index (χ4v) is 17.7. The highest BCUT2D eigenvalue weighted by atomic mass is 16.5. The molecule has 5 aliphatic carbocycles. The van der Waals surface area contributed by atoms with Gasteiger partial charge in [0.1, 0.15) is 11.9 Å². The van der Waals surface area contributed by atoms with Crippen LogP contribution in [0.25, 0.3) is 0 Å². The molecule has 90 heavy (non-hydrogen) atoms. The zero-order chi connectivity index (χ0) is 64.3. The van der Waals surface area contributed by atoms with E-state index >= 15 is 0 Å². The first-order valence-corrected chi connectivity index (χ1v) is 35.2. The molecule has 8 N–H and O–H groups in total. The number of benzene rings is 4. The van der Waals surface area contributed by atoms with Gasteiger partial charge in [-0.2, -0.15) is 0 Å². The standard InChI is InChI=1S/C37H59NO2.C28H39NO3.C13H20N2O2.CH4/c1-24(2)10-8-9-11-26(4)31-12-13-32-36(31,6)19-16-33-35(5)18-15-30(23-28(35)14-17-37(32,33)7)40-34(39)27-20-25(3)21-29(38)22-27;1-3-4-5-7-22-8-10-23(11-9-22)24-12-14-27(15-13-24)31-16-6-17-32-28(30)25-18-21(2)19-26(29)20-25;1-2-3-4-5-6-17-13(16)10-7-11(14)9-12(15)8-10;/h20-22,24,26,28,30-33H,8-19,23,38H2,1-7H3;12-15,18-20,22-23H,3-11,16-17,29H2,1-2H3;7-9H,2-6,14-15H2,1H3;1H4/t26?,28?,30?,31?,32?,33?,35-,36+,37-;;;/m0.../s1. The SMILES string of the molecule is C.CCCCCC1CCC(c2ccc(OCCCOC(=O)c3cc(C)cc(N)c3)cc2)CC1.CCCCCCOC(=O)c1cc(N)cc(N)c1.Cc1cc(N)cc(C(=O)OC2CC[C@@]3(C)C(CC[C@]4(C)C3CC[C@]3(C)C(C(C)CCCCC(C)C)CCC43)C2)c1. The number of nitrogen functional groups attached to an aromatic ring is 4. The number of nitrogens with two attached hydrogens (primary N) is 4. The third-order valence-corrected chi connectivity index (χ3v) is 22.3. The summed E-state index contributed by atoms with van der Waals surface area (Å²) in [5.41, 5.74) is 31.4. The van der Waals surface area contributed by atoms with Crippen LogP contribution >= 0.6 is 0 Å². The van der Waals surface area contributed by atoms with Gasteiger partial charge in [-0.05, 0) is 251 Å². The third-order valence-electron chi connectivity index (χ3n) is 22.3. The van der Waals surface area contributed by atoms with Crippen molar-refractivity contribution in [1.29, 1.82) is 0 Å². The maximum atomic E-state index is 13.0. The number of anilines is 4.